The number of aromatic hydroxyl groups is 1. The van der Waals surface area contributed by atoms with Crippen molar-refractivity contribution in [3.05, 3.63) is 54.6 Å². The summed E-state index contributed by atoms with van der Waals surface area (Å²) in [7, 11) is -8.27. The lowest BCUT2D eigenvalue weighted by atomic mass is 10.1. The van der Waals surface area contributed by atoms with E-state index < -0.39 is 30.6 Å². The lowest BCUT2D eigenvalue weighted by Crippen LogP contribution is -2.10. The summed E-state index contributed by atoms with van der Waals surface area (Å²) in [6, 6.07) is 12.4. The summed E-state index contributed by atoms with van der Waals surface area (Å²) in [6.45, 7) is -0.232. The van der Waals surface area contributed by atoms with Crippen LogP contribution in [0.3, 0.4) is 0 Å². The highest BCUT2D eigenvalue weighted by atomic mass is 32.2. The Morgan fingerprint density at radius 2 is 1.61 bits per heavy atom. The Kier molecular flexibility index (Phi) is 7.98. The fourth-order valence-electron chi connectivity index (χ4n) is 2.79. The van der Waals surface area contributed by atoms with E-state index in [0.717, 1.165) is 6.07 Å². The molecule has 0 saturated heterocycles. The zero-order chi connectivity index (χ0) is 24.1. The highest BCUT2D eigenvalue weighted by molar-refractivity contribution is 7.91. The van der Waals surface area contributed by atoms with Crippen LogP contribution in [-0.4, -0.2) is 44.1 Å². The molecule has 0 unspecified atom stereocenters. The van der Waals surface area contributed by atoms with E-state index in [1.807, 2.05) is 0 Å². The van der Waals surface area contributed by atoms with E-state index in [1.165, 1.54) is 36.4 Å². The maximum absolute atomic E-state index is 12.3. The second-order valence-corrected chi connectivity index (χ2v) is 10.3. The van der Waals surface area contributed by atoms with Gasteiger partial charge in [0.1, 0.15) is 16.3 Å². The molecule has 0 amide bonds. The molecule has 12 nitrogen and oxygen atoms in total. The quantitative estimate of drug-likeness (QED) is 0.0885. The van der Waals surface area contributed by atoms with Gasteiger partial charge in [0.15, 0.2) is 22.2 Å². The number of fused-ring (bicyclic) bond motifs is 1. The van der Waals surface area contributed by atoms with E-state index in [4.69, 9.17) is 9.44 Å². The molecule has 0 atom stereocenters. The van der Waals surface area contributed by atoms with Gasteiger partial charge < -0.3 is 5.11 Å². The van der Waals surface area contributed by atoms with Crippen molar-refractivity contribution in [2.24, 2.45) is 10.2 Å². The first-order valence-corrected chi connectivity index (χ1v) is 12.6. The fraction of sp³-hybridized carbons (Fsp3) is 0.111. The third kappa shape index (κ3) is 6.24. The van der Waals surface area contributed by atoms with Gasteiger partial charge in [0.2, 0.25) is 0 Å². The molecule has 3 rings (SSSR count). The van der Waals surface area contributed by atoms with Crippen molar-refractivity contribution in [2.75, 3.05) is 12.4 Å². The van der Waals surface area contributed by atoms with E-state index in [-0.39, 0.29) is 51.7 Å². The van der Waals surface area contributed by atoms with E-state index >= 15 is 0 Å². The van der Waals surface area contributed by atoms with Crippen molar-refractivity contribution in [3.63, 3.8) is 0 Å². The monoisotopic (exact) mass is 516 g/mol. The molecule has 0 aliphatic heterocycles. The SMILES string of the molecule is O=S(=O)(O)c1cc(O)c(N=Nc2ccc(S(=O)(=O)CCOSOOO)cc2)c2ccccc12. The molecule has 3 aromatic carbocycles. The van der Waals surface area contributed by atoms with Crippen LogP contribution in [0.2, 0.25) is 0 Å². The van der Waals surface area contributed by atoms with Crippen LogP contribution in [0.1, 0.15) is 0 Å². The molecule has 176 valence electrons. The van der Waals surface area contributed by atoms with E-state index in [2.05, 4.69) is 19.6 Å². The number of azo groups is 1. The van der Waals surface area contributed by atoms with Crippen LogP contribution in [0.25, 0.3) is 10.8 Å². The molecule has 0 bridgehead atoms. The second-order valence-electron chi connectivity index (χ2n) is 6.31. The van der Waals surface area contributed by atoms with E-state index in [9.17, 15) is 26.5 Å². The van der Waals surface area contributed by atoms with Gasteiger partial charge in [-0.1, -0.05) is 29.3 Å². The number of rotatable bonds is 10. The minimum atomic E-state index is -4.59. The lowest BCUT2D eigenvalue weighted by Gasteiger charge is -2.08. The van der Waals surface area contributed by atoms with Gasteiger partial charge >= 0.3 is 0 Å². The molecule has 0 aromatic heterocycles. The van der Waals surface area contributed by atoms with Crippen LogP contribution in [0.5, 0.6) is 5.75 Å². The fourth-order valence-corrected chi connectivity index (χ4v) is 4.91. The predicted molar refractivity (Wildman–Crippen MR) is 116 cm³/mol. The summed E-state index contributed by atoms with van der Waals surface area (Å²) in [4.78, 5) is -0.470. The normalized spacial score (nSPS) is 12.5. The largest absolute Gasteiger partial charge is 0.506 e. The number of hydrogen-bond donors (Lipinski definition) is 3. The van der Waals surface area contributed by atoms with Crippen molar-refractivity contribution < 1.29 is 45.3 Å². The first-order valence-electron chi connectivity index (χ1n) is 8.86. The van der Waals surface area contributed by atoms with Crippen molar-refractivity contribution in [1.29, 1.82) is 0 Å². The second kappa shape index (κ2) is 10.5. The molecular formula is C18H16N2O10S3. The van der Waals surface area contributed by atoms with Crippen molar-refractivity contribution >= 4 is 54.4 Å². The molecule has 3 N–H and O–H groups in total. The summed E-state index contributed by atoms with van der Waals surface area (Å²) in [5.74, 6) is -0.881. The zero-order valence-electron chi connectivity index (χ0n) is 16.4. The summed E-state index contributed by atoms with van der Waals surface area (Å²) >= 11 is 0.268. The highest BCUT2D eigenvalue weighted by Crippen LogP contribution is 2.39. The minimum absolute atomic E-state index is 0.000166. The first-order chi connectivity index (χ1) is 15.6. The predicted octanol–water partition coefficient (Wildman–Crippen LogP) is 3.98. The minimum Gasteiger partial charge on any atom is -0.506 e. The van der Waals surface area contributed by atoms with Gasteiger partial charge in [-0.25, -0.2) is 13.7 Å². The van der Waals surface area contributed by atoms with E-state index in [1.54, 1.807) is 12.1 Å². The van der Waals surface area contributed by atoms with Crippen LogP contribution >= 0.6 is 12.3 Å². The summed E-state index contributed by atoms with van der Waals surface area (Å²) in [6.07, 6.45) is 0. The molecule has 0 aliphatic carbocycles. The van der Waals surface area contributed by atoms with Gasteiger partial charge in [0.25, 0.3) is 10.1 Å². The van der Waals surface area contributed by atoms with E-state index in [0.29, 0.717) is 0 Å². The first kappa shape index (κ1) is 25.0. The molecule has 0 radical (unpaired) electrons. The van der Waals surface area contributed by atoms with Gasteiger partial charge in [-0.2, -0.15) is 13.5 Å². The van der Waals surface area contributed by atoms with Crippen molar-refractivity contribution in [1.82, 2.24) is 0 Å². The molecule has 0 aliphatic rings. The molecule has 0 heterocycles. The van der Waals surface area contributed by atoms with Crippen molar-refractivity contribution in [2.45, 2.75) is 9.79 Å². The number of sulfone groups is 1. The van der Waals surface area contributed by atoms with Crippen LogP contribution < -0.4 is 0 Å². The number of phenolic OH excluding ortho intramolecular Hbond substituents is 1. The Labute approximate surface area is 192 Å². The lowest BCUT2D eigenvalue weighted by molar-refractivity contribution is -0.434. The standard InChI is InChI=1S/C18H16N2O10S3/c21-16-11-17(33(25,26)27)14-3-1-2-4-15(14)18(16)20-19-12-5-7-13(8-6-12)32(23,24)10-9-28-31-30-29-22/h1-8,11,21-22H,9-10H2,(H,25,26,27). The Morgan fingerprint density at radius 3 is 2.24 bits per heavy atom. The number of nitrogens with zero attached hydrogens (tertiary/aromatic N) is 2. The van der Waals surface area contributed by atoms with Crippen molar-refractivity contribution in [3.8, 4) is 5.75 Å². The maximum atomic E-state index is 12.3. The Balaban J connectivity index is 1.83. The van der Waals surface area contributed by atoms with Gasteiger partial charge in [0, 0.05) is 16.8 Å². The Hall–Kier alpha value is -2.63. The highest BCUT2D eigenvalue weighted by Gasteiger charge is 2.19. The molecule has 0 fully saturated rings. The number of benzene rings is 3. The van der Waals surface area contributed by atoms with Crippen LogP contribution in [0.15, 0.2) is 74.6 Å². The molecule has 33 heavy (non-hydrogen) atoms. The van der Waals surface area contributed by atoms with Gasteiger partial charge in [-0.3, -0.25) is 8.74 Å². The van der Waals surface area contributed by atoms with Crippen LogP contribution in [-0.2, 0) is 33.5 Å². The average molecular weight is 517 g/mol. The molecular weight excluding hydrogens is 500 g/mol. The summed E-state index contributed by atoms with van der Waals surface area (Å²) in [5.41, 5.74) is 0.231. The third-order valence-electron chi connectivity index (χ3n) is 4.24. The molecule has 0 saturated carbocycles. The van der Waals surface area contributed by atoms with Gasteiger partial charge in [0.05, 0.1) is 22.9 Å². The summed E-state index contributed by atoms with van der Waals surface area (Å²) < 4.78 is 66.0. The average Bonchev–Trinajstić information content (AvgIpc) is 2.77. The number of phenols is 1. The molecule has 15 heteroatoms. The smallest absolute Gasteiger partial charge is 0.295 e. The molecule has 0 spiro atoms. The topological polar surface area (TPSA) is 181 Å². The van der Waals surface area contributed by atoms with Crippen LogP contribution in [0.4, 0.5) is 11.4 Å². The third-order valence-corrected chi connectivity index (χ3v) is 7.21. The summed E-state index contributed by atoms with van der Waals surface area (Å²) in [5, 5.41) is 29.8. The Bertz CT molecular complexity index is 1370. The maximum Gasteiger partial charge on any atom is 0.295 e. The Morgan fingerprint density at radius 1 is 0.939 bits per heavy atom. The molecule has 3 aromatic rings. The van der Waals surface area contributed by atoms with Crippen LogP contribution in [0, 0.1) is 0 Å². The van der Waals surface area contributed by atoms with Gasteiger partial charge in [-0.15, -0.1) is 9.45 Å². The number of hydrogen-bond acceptors (Lipinski definition) is 12. The zero-order valence-corrected chi connectivity index (χ0v) is 18.9. The van der Waals surface area contributed by atoms with Gasteiger partial charge in [-0.05, 0) is 24.3 Å².